The molecule has 4 heterocycles. The first kappa shape index (κ1) is 22.0. The quantitative estimate of drug-likeness (QED) is 0.526. The highest BCUT2D eigenvalue weighted by molar-refractivity contribution is 7.08. The molecule has 0 spiro atoms. The molecule has 5 rings (SSSR count). The number of hydrogen-bond donors (Lipinski definition) is 0. The molecule has 0 aliphatic carbocycles. The third kappa shape index (κ3) is 3.71. The third-order valence-electron chi connectivity index (χ3n) is 6.48. The number of carbonyl (C=O) groups is 1. The second kappa shape index (κ2) is 8.18. The fourth-order valence-electron chi connectivity index (χ4n) is 4.35. The summed E-state index contributed by atoms with van der Waals surface area (Å²) in [5.41, 5.74) is 4.62. The van der Waals surface area contributed by atoms with Crippen molar-refractivity contribution in [2.24, 2.45) is 0 Å². The Labute approximate surface area is 197 Å². The number of benzene rings is 1. The molecule has 33 heavy (non-hydrogen) atoms. The predicted octanol–water partition coefficient (Wildman–Crippen LogP) is 5.22. The van der Waals surface area contributed by atoms with Crippen molar-refractivity contribution >= 4 is 17.2 Å². The van der Waals surface area contributed by atoms with Crippen LogP contribution in [0.2, 0.25) is 0 Å². The zero-order valence-electron chi connectivity index (χ0n) is 19.7. The fraction of sp³-hybridized carbons (Fsp3) is 0.440. The lowest BCUT2D eigenvalue weighted by Gasteiger charge is -2.31. The predicted molar refractivity (Wildman–Crippen MR) is 128 cm³/mol. The molecule has 2 aliphatic rings. The summed E-state index contributed by atoms with van der Waals surface area (Å²) in [5.74, 6) is 1.36. The Hall–Kier alpha value is -2.84. The van der Waals surface area contributed by atoms with Crippen LogP contribution in [-0.2, 0) is 11.3 Å². The molecule has 1 aromatic carbocycles. The van der Waals surface area contributed by atoms with Crippen LogP contribution in [0.15, 0.2) is 29.0 Å². The van der Waals surface area contributed by atoms with Crippen LogP contribution >= 0.6 is 11.3 Å². The number of methoxy groups -OCH3 is 1. The number of nitrogens with zero attached hydrogens (tertiary/aromatic N) is 3. The number of hydrogen-bond acceptors (Lipinski definition) is 6. The summed E-state index contributed by atoms with van der Waals surface area (Å²) in [7, 11) is 3.49. The Kier molecular flexibility index (Phi) is 5.45. The van der Waals surface area contributed by atoms with E-state index in [4.69, 9.17) is 19.3 Å². The van der Waals surface area contributed by atoms with Crippen molar-refractivity contribution in [1.82, 2.24) is 14.7 Å². The van der Waals surface area contributed by atoms with Crippen LogP contribution in [0, 0.1) is 0 Å². The Bertz CT molecular complexity index is 1190. The summed E-state index contributed by atoms with van der Waals surface area (Å²) in [4.78, 5) is 15.2. The molecule has 8 heteroatoms. The van der Waals surface area contributed by atoms with Gasteiger partial charge in [0, 0.05) is 47.3 Å². The first-order valence-electron chi connectivity index (χ1n) is 11.2. The van der Waals surface area contributed by atoms with E-state index in [2.05, 4.69) is 6.07 Å². The van der Waals surface area contributed by atoms with E-state index in [0.29, 0.717) is 5.69 Å². The molecule has 2 aromatic heterocycles. The normalized spacial score (nSPS) is 17.3. The zero-order valence-corrected chi connectivity index (χ0v) is 20.5. The lowest BCUT2D eigenvalue weighted by Crippen LogP contribution is -2.43. The Morgan fingerprint density at radius 3 is 2.79 bits per heavy atom. The van der Waals surface area contributed by atoms with Crippen molar-refractivity contribution in [2.75, 3.05) is 20.8 Å². The van der Waals surface area contributed by atoms with Gasteiger partial charge in [-0.3, -0.25) is 4.79 Å². The smallest absolute Gasteiger partial charge is 0.274 e. The third-order valence-corrected chi connectivity index (χ3v) is 7.15. The average molecular weight is 468 g/mol. The molecule has 1 saturated heterocycles. The Balaban J connectivity index is 1.71. The second-order valence-electron chi connectivity index (χ2n) is 9.48. The van der Waals surface area contributed by atoms with Gasteiger partial charge >= 0.3 is 0 Å². The van der Waals surface area contributed by atoms with E-state index in [1.807, 2.05) is 55.4 Å². The Morgan fingerprint density at radius 1 is 1.33 bits per heavy atom. The van der Waals surface area contributed by atoms with Gasteiger partial charge < -0.3 is 19.1 Å². The van der Waals surface area contributed by atoms with Crippen LogP contribution in [0.25, 0.3) is 16.9 Å². The summed E-state index contributed by atoms with van der Waals surface area (Å²) < 4.78 is 19.7. The number of carbonyl (C=O) groups excluding carboxylic acids is 1. The van der Waals surface area contributed by atoms with E-state index >= 15 is 0 Å². The maximum absolute atomic E-state index is 13.5. The molecule has 2 aliphatic heterocycles. The van der Waals surface area contributed by atoms with Crippen LogP contribution in [-0.4, -0.2) is 46.9 Å². The van der Waals surface area contributed by atoms with Crippen molar-refractivity contribution in [3.05, 3.63) is 45.8 Å². The van der Waals surface area contributed by atoms with Crippen LogP contribution in [0.3, 0.4) is 0 Å². The van der Waals surface area contributed by atoms with Gasteiger partial charge in [0.05, 0.1) is 24.6 Å². The largest absolute Gasteiger partial charge is 0.496 e. The van der Waals surface area contributed by atoms with Gasteiger partial charge in [0.2, 0.25) is 0 Å². The lowest BCUT2D eigenvalue weighted by atomic mass is 9.96. The van der Waals surface area contributed by atoms with E-state index in [1.54, 1.807) is 23.3 Å². The molecule has 7 nitrogen and oxygen atoms in total. The van der Waals surface area contributed by atoms with Crippen LogP contribution in [0.4, 0.5) is 0 Å². The molecular formula is C25H29N3O4S. The topological polar surface area (TPSA) is 65.8 Å². The van der Waals surface area contributed by atoms with Gasteiger partial charge in [0.25, 0.3) is 5.91 Å². The van der Waals surface area contributed by atoms with Crippen molar-refractivity contribution in [1.29, 1.82) is 0 Å². The summed E-state index contributed by atoms with van der Waals surface area (Å²) in [6.07, 6.45) is 1.96. The molecular weight excluding hydrogens is 438 g/mol. The monoisotopic (exact) mass is 467 g/mol. The SMILES string of the molecule is COc1cc2c(cc1C1CCCO1)-c1c(c(C(=O)N(C)C(C)(C)C)nn1-c1ccsc1)CO2. The molecule has 174 valence electrons. The second-order valence-corrected chi connectivity index (χ2v) is 10.3. The fourth-order valence-corrected chi connectivity index (χ4v) is 4.96. The molecule has 0 N–H and O–H groups in total. The summed E-state index contributed by atoms with van der Waals surface area (Å²) in [6, 6.07) is 6.04. The van der Waals surface area contributed by atoms with Crippen LogP contribution < -0.4 is 9.47 Å². The molecule has 0 bridgehead atoms. The minimum absolute atomic E-state index is 0.0127. The van der Waals surface area contributed by atoms with E-state index in [9.17, 15) is 4.79 Å². The maximum atomic E-state index is 13.5. The minimum Gasteiger partial charge on any atom is -0.496 e. The number of ether oxygens (including phenoxy) is 3. The zero-order chi connectivity index (χ0) is 23.3. The highest BCUT2D eigenvalue weighted by Crippen LogP contribution is 2.46. The van der Waals surface area contributed by atoms with E-state index in [0.717, 1.165) is 59.0 Å². The molecule has 0 radical (unpaired) electrons. The lowest BCUT2D eigenvalue weighted by molar-refractivity contribution is 0.0646. The van der Waals surface area contributed by atoms with Gasteiger partial charge in [-0.05, 0) is 51.1 Å². The van der Waals surface area contributed by atoms with Gasteiger partial charge in [0.1, 0.15) is 18.1 Å². The first-order valence-corrected chi connectivity index (χ1v) is 12.1. The molecule has 1 fully saturated rings. The summed E-state index contributed by atoms with van der Waals surface area (Å²) >= 11 is 1.60. The average Bonchev–Trinajstić information content (AvgIpc) is 3.56. The van der Waals surface area contributed by atoms with Crippen molar-refractivity contribution in [2.45, 2.75) is 51.9 Å². The van der Waals surface area contributed by atoms with Gasteiger partial charge in [0.15, 0.2) is 5.69 Å². The maximum Gasteiger partial charge on any atom is 0.274 e. The molecule has 1 atom stereocenters. The summed E-state index contributed by atoms with van der Waals surface area (Å²) in [5, 5.41) is 8.88. The molecule has 0 saturated carbocycles. The van der Waals surface area contributed by atoms with Gasteiger partial charge in [-0.1, -0.05) is 0 Å². The number of rotatable bonds is 4. The molecule has 3 aromatic rings. The number of aromatic nitrogens is 2. The molecule has 1 amide bonds. The van der Waals surface area contributed by atoms with Gasteiger partial charge in [-0.25, -0.2) is 4.68 Å². The highest BCUT2D eigenvalue weighted by Gasteiger charge is 2.35. The van der Waals surface area contributed by atoms with Crippen LogP contribution in [0.1, 0.15) is 61.3 Å². The van der Waals surface area contributed by atoms with E-state index in [1.165, 1.54) is 0 Å². The number of fused-ring (bicyclic) bond motifs is 3. The Morgan fingerprint density at radius 2 is 2.15 bits per heavy atom. The van der Waals surface area contributed by atoms with Crippen LogP contribution in [0.5, 0.6) is 11.5 Å². The van der Waals surface area contributed by atoms with Crippen molar-refractivity contribution in [3.8, 4) is 28.4 Å². The number of amides is 1. The summed E-state index contributed by atoms with van der Waals surface area (Å²) in [6.45, 7) is 7.06. The molecule has 1 unspecified atom stereocenters. The first-order chi connectivity index (χ1) is 15.8. The van der Waals surface area contributed by atoms with Gasteiger partial charge in [-0.15, -0.1) is 0 Å². The van der Waals surface area contributed by atoms with Crippen molar-refractivity contribution in [3.63, 3.8) is 0 Å². The van der Waals surface area contributed by atoms with Crippen molar-refractivity contribution < 1.29 is 19.0 Å². The van der Waals surface area contributed by atoms with E-state index in [-0.39, 0.29) is 24.2 Å². The van der Waals surface area contributed by atoms with E-state index < -0.39 is 0 Å². The standard InChI is InChI=1S/C25H29N3O4S/c1-25(2,3)27(4)24(29)22-18-13-32-21-12-20(30-5)16(19-7-6-9-31-19)11-17(21)23(18)28(26-22)15-8-10-33-14-15/h8,10-12,14,19H,6-7,9,13H2,1-5H3. The number of thiophene rings is 1. The highest BCUT2D eigenvalue weighted by atomic mass is 32.1. The van der Waals surface area contributed by atoms with Gasteiger partial charge in [-0.2, -0.15) is 16.4 Å². The minimum atomic E-state index is -0.329.